The summed E-state index contributed by atoms with van der Waals surface area (Å²) >= 11 is 0. The zero-order valence-corrected chi connectivity index (χ0v) is 12.2. The predicted octanol–water partition coefficient (Wildman–Crippen LogP) is 2.26. The van der Waals surface area contributed by atoms with Gasteiger partial charge in [0.15, 0.2) is 5.76 Å². The summed E-state index contributed by atoms with van der Waals surface area (Å²) in [6.07, 6.45) is 2.82. The minimum atomic E-state index is -3.49. The summed E-state index contributed by atoms with van der Waals surface area (Å²) < 4.78 is 37.4. The number of anilines is 1. The first-order chi connectivity index (χ1) is 10.1. The molecule has 0 unspecified atom stereocenters. The van der Waals surface area contributed by atoms with Gasteiger partial charge in [-0.2, -0.15) is 0 Å². The topological polar surface area (TPSA) is 81.4 Å². The number of hydrogen-bond acceptors (Lipinski definition) is 5. The Balaban J connectivity index is 1.77. The Labute approximate surface area is 123 Å². The van der Waals surface area contributed by atoms with E-state index < -0.39 is 10.0 Å². The molecule has 1 fully saturated rings. The molecular formula is C14H16N2O4S. The van der Waals surface area contributed by atoms with E-state index in [2.05, 4.69) is 9.88 Å². The van der Waals surface area contributed by atoms with Gasteiger partial charge in [0.2, 0.25) is 10.0 Å². The second-order valence-corrected chi connectivity index (χ2v) is 6.72. The number of ether oxygens (including phenoxy) is 1. The monoisotopic (exact) mass is 308 g/mol. The lowest BCUT2D eigenvalue weighted by Crippen LogP contribution is -2.25. The first-order valence-corrected chi connectivity index (χ1v) is 8.41. The quantitative estimate of drug-likeness (QED) is 0.916. The maximum atomic E-state index is 12.2. The SMILES string of the molecule is O=S(=O)(C[C@H]1CCCO1)Nc1cnoc1-c1ccccc1. The van der Waals surface area contributed by atoms with Gasteiger partial charge in [0, 0.05) is 12.2 Å². The van der Waals surface area contributed by atoms with Gasteiger partial charge in [-0.25, -0.2) is 8.42 Å². The average molecular weight is 308 g/mol. The first-order valence-electron chi connectivity index (χ1n) is 6.76. The van der Waals surface area contributed by atoms with Gasteiger partial charge in [-0.3, -0.25) is 4.72 Å². The summed E-state index contributed by atoms with van der Waals surface area (Å²) in [7, 11) is -3.49. The van der Waals surface area contributed by atoms with E-state index in [0.717, 1.165) is 18.4 Å². The highest BCUT2D eigenvalue weighted by molar-refractivity contribution is 7.92. The molecule has 1 atom stereocenters. The number of sulfonamides is 1. The molecule has 0 spiro atoms. The largest absolute Gasteiger partial charge is 0.377 e. The molecular weight excluding hydrogens is 292 g/mol. The van der Waals surface area contributed by atoms with Gasteiger partial charge >= 0.3 is 0 Å². The molecule has 1 aliphatic heterocycles. The van der Waals surface area contributed by atoms with Crippen molar-refractivity contribution < 1.29 is 17.7 Å². The highest BCUT2D eigenvalue weighted by Gasteiger charge is 2.25. The second-order valence-electron chi connectivity index (χ2n) is 4.95. The van der Waals surface area contributed by atoms with Crippen molar-refractivity contribution in [2.45, 2.75) is 18.9 Å². The number of hydrogen-bond donors (Lipinski definition) is 1. The molecule has 1 saturated heterocycles. The van der Waals surface area contributed by atoms with Crippen LogP contribution in [0.1, 0.15) is 12.8 Å². The van der Waals surface area contributed by atoms with Gasteiger partial charge in [-0.05, 0) is 12.8 Å². The van der Waals surface area contributed by atoms with E-state index in [1.54, 1.807) is 0 Å². The molecule has 0 radical (unpaired) electrons. The van der Waals surface area contributed by atoms with Crippen LogP contribution in [-0.4, -0.2) is 32.0 Å². The van der Waals surface area contributed by atoms with Crippen molar-refractivity contribution >= 4 is 15.7 Å². The smallest absolute Gasteiger partial charge is 0.235 e. The normalized spacial score (nSPS) is 18.8. The van der Waals surface area contributed by atoms with E-state index in [-0.39, 0.29) is 11.9 Å². The van der Waals surface area contributed by atoms with Crippen molar-refractivity contribution in [3.05, 3.63) is 36.5 Å². The van der Waals surface area contributed by atoms with Crippen LogP contribution in [0.15, 0.2) is 41.1 Å². The molecule has 21 heavy (non-hydrogen) atoms. The Hall–Kier alpha value is -1.86. The van der Waals surface area contributed by atoms with E-state index in [1.165, 1.54) is 6.20 Å². The standard InChI is InChI=1S/C14H16N2O4S/c17-21(18,10-12-7-4-8-19-12)16-13-9-15-20-14(13)11-5-2-1-3-6-11/h1-3,5-6,9,12,16H,4,7-8,10H2/t12-/m1/s1. The highest BCUT2D eigenvalue weighted by Crippen LogP contribution is 2.28. The molecule has 112 valence electrons. The van der Waals surface area contributed by atoms with Crippen LogP contribution in [0.25, 0.3) is 11.3 Å². The Morgan fingerprint density at radius 3 is 2.81 bits per heavy atom. The Bertz CT molecular complexity index is 691. The third kappa shape index (κ3) is 3.43. The first kappa shape index (κ1) is 14.1. The molecule has 0 bridgehead atoms. The summed E-state index contributed by atoms with van der Waals surface area (Å²) in [4.78, 5) is 0. The zero-order chi connectivity index (χ0) is 14.7. The van der Waals surface area contributed by atoms with Crippen LogP contribution in [0.4, 0.5) is 5.69 Å². The van der Waals surface area contributed by atoms with Crippen LogP contribution in [0, 0.1) is 0 Å². The third-order valence-electron chi connectivity index (χ3n) is 3.30. The molecule has 2 aromatic rings. The molecule has 7 heteroatoms. The van der Waals surface area contributed by atoms with Crippen LogP contribution < -0.4 is 4.72 Å². The van der Waals surface area contributed by atoms with E-state index in [1.807, 2.05) is 30.3 Å². The van der Waals surface area contributed by atoms with Crippen molar-refractivity contribution in [1.29, 1.82) is 0 Å². The number of benzene rings is 1. The van der Waals surface area contributed by atoms with Gasteiger partial charge in [-0.1, -0.05) is 35.5 Å². The number of rotatable bonds is 5. The minimum absolute atomic E-state index is 0.0492. The van der Waals surface area contributed by atoms with Crippen LogP contribution in [0.2, 0.25) is 0 Å². The molecule has 6 nitrogen and oxygen atoms in total. The van der Waals surface area contributed by atoms with Crippen molar-refractivity contribution in [3.63, 3.8) is 0 Å². The van der Waals surface area contributed by atoms with E-state index in [0.29, 0.717) is 18.1 Å². The maximum Gasteiger partial charge on any atom is 0.235 e. The zero-order valence-electron chi connectivity index (χ0n) is 11.4. The predicted molar refractivity (Wildman–Crippen MR) is 78.3 cm³/mol. The van der Waals surface area contributed by atoms with Crippen LogP contribution in [0.3, 0.4) is 0 Å². The Morgan fingerprint density at radius 1 is 1.29 bits per heavy atom. The van der Waals surface area contributed by atoms with Crippen molar-refractivity contribution in [3.8, 4) is 11.3 Å². The van der Waals surface area contributed by atoms with Gasteiger partial charge in [-0.15, -0.1) is 0 Å². The average Bonchev–Trinajstić information content (AvgIpc) is 3.10. The maximum absolute atomic E-state index is 12.2. The molecule has 1 aromatic heterocycles. The van der Waals surface area contributed by atoms with E-state index >= 15 is 0 Å². The fourth-order valence-electron chi connectivity index (χ4n) is 2.34. The lowest BCUT2D eigenvalue weighted by Gasteiger charge is -2.11. The lowest BCUT2D eigenvalue weighted by molar-refractivity contribution is 0.127. The van der Waals surface area contributed by atoms with Crippen LogP contribution >= 0.6 is 0 Å². The van der Waals surface area contributed by atoms with Gasteiger partial charge in [0.25, 0.3) is 0 Å². The van der Waals surface area contributed by atoms with Crippen molar-refractivity contribution in [1.82, 2.24) is 5.16 Å². The lowest BCUT2D eigenvalue weighted by atomic mass is 10.1. The second kappa shape index (κ2) is 5.87. The summed E-state index contributed by atoms with van der Waals surface area (Å²) in [6.45, 7) is 0.628. The van der Waals surface area contributed by atoms with Crippen LogP contribution in [-0.2, 0) is 14.8 Å². The number of nitrogens with one attached hydrogen (secondary N) is 1. The summed E-state index contributed by atoms with van der Waals surface area (Å²) in [5.74, 6) is 0.360. The van der Waals surface area contributed by atoms with Gasteiger partial charge in [0.05, 0.1) is 18.1 Å². The Kier molecular flexibility index (Phi) is 3.94. The highest BCUT2D eigenvalue weighted by atomic mass is 32.2. The molecule has 2 heterocycles. The van der Waals surface area contributed by atoms with Crippen molar-refractivity contribution in [2.75, 3.05) is 17.1 Å². The number of aromatic nitrogens is 1. The van der Waals surface area contributed by atoms with E-state index in [9.17, 15) is 8.42 Å². The Morgan fingerprint density at radius 2 is 2.10 bits per heavy atom. The molecule has 0 amide bonds. The van der Waals surface area contributed by atoms with Gasteiger partial charge in [0.1, 0.15) is 5.69 Å². The summed E-state index contributed by atoms with van der Waals surface area (Å²) in [5, 5.41) is 3.68. The molecule has 0 aliphatic carbocycles. The molecule has 3 rings (SSSR count). The number of nitrogens with zero attached hydrogens (tertiary/aromatic N) is 1. The third-order valence-corrected chi connectivity index (χ3v) is 4.64. The van der Waals surface area contributed by atoms with Crippen LogP contribution in [0.5, 0.6) is 0 Å². The molecule has 1 aliphatic rings. The fraction of sp³-hybridized carbons (Fsp3) is 0.357. The fourth-order valence-corrected chi connectivity index (χ4v) is 3.66. The van der Waals surface area contributed by atoms with Gasteiger partial charge < -0.3 is 9.26 Å². The van der Waals surface area contributed by atoms with E-state index in [4.69, 9.17) is 9.26 Å². The molecule has 1 N–H and O–H groups in total. The molecule has 1 aromatic carbocycles. The summed E-state index contributed by atoms with van der Waals surface area (Å²) in [6, 6.07) is 9.24. The molecule has 0 saturated carbocycles. The minimum Gasteiger partial charge on any atom is -0.377 e. The summed E-state index contributed by atoms with van der Waals surface area (Å²) in [5.41, 5.74) is 1.11. The van der Waals surface area contributed by atoms with Crippen molar-refractivity contribution in [2.24, 2.45) is 0 Å².